The molecule has 9 nitrogen and oxygen atoms in total. The molecule has 4 rings (SSSR count). The van der Waals surface area contributed by atoms with Crippen LogP contribution in [-0.2, 0) is 14.4 Å². The molecule has 46 heavy (non-hydrogen) atoms. The van der Waals surface area contributed by atoms with Gasteiger partial charge in [-0.25, -0.2) is 0 Å². The van der Waals surface area contributed by atoms with Crippen molar-refractivity contribution in [2.24, 2.45) is 11.8 Å². The Balaban J connectivity index is 1.71. The van der Waals surface area contributed by atoms with Crippen LogP contribution in [0.5, 0.6) is 17.2 Å². The predicted molar refractivity (Wildman–Crippen MR) is 179 cm³/mol. The summed E-state index contributed by atoms with van der Waals surface area (Å²) in [6.45, 7) is 8.67. The van der Waals surface area contributed by atoms with E-state index < -0.39 is 41.0 Å². The van der Waals surface area contributed by atoms with Gasteiger partial charge in [-0.15, -0.1) is 0 Å². The molecule has 4 unspecified atom stereocenters. The molecule has 4 atom stereocenters. The van der Waals surface area contributed by atoms with Gasteiger partial charge in [-0.05, 0) is 69.2 Å². The van der Waals surface area contributed by atoms with Crippen LogP contribution >= 0.6 is 0 Å². The highest BCUT2D eigenvalue weighted by Gasteiger charge is 2.56. The third-order valence-corrected chi connectivity index (χ3v) is 8.25. The maximum absolute atomic E-state index is 14.2. The van der Waals surface area contributed by atoms with E-state index in [-0.39, 0.29) is 6.42 Å². The van der Waals surface area contributed by atoms with Gasteiger partial charge in [-0.3, -0.25) is 14.4 Å². The molecular formula is C37H46N2O7. The third kappa shape index (κ3) is 8.46. The highest BCUT2D eigenvalue weighted by molar-refractivity contribution is 6.11. The predicted octanol–water partition coefficient (Wildman–Crippen LogP) is 6.76. The summed E-state index contributed by atoms with van der Waals surface area (Å²) < 4.78 is 17.3. The van der Waals surface area contributed by atoms with Gasteiger partial charge in [0.25, 0.3) is 0 Å². The number of aliphatic hydroxyl groups is 1. The zero-order valence-electron chi connectivity index (χ0n) is 27.2. The van der Waals surface area contributed by atoms with Crippen LogP contribution < -0.4 is 24.8 Å². The molecule has 0 spiro atoms. The van der Waals surface area contributed by atoms with E-state index in [9.17, 15) is 19.5 Å². The largest absolute Gasteiger partial charge is 0.494 e. The van der Waals surface area contributed by atoms with Gasteiger partial charge in [0.1, 0.15) is 28.9 Å². The minimum Gasteiger partial charge on any atom is -0.494 e. The maximum atomic E-state index is 14.2. The smallest absolute Gasteiger partial charge is 0.235 e. The van der Waals surface area contributed by atoms with E-state index in [1.807, 2.05) is 13.8 Å². The number of rotatable bonds is 15. The standard InChI is InChI=1S/C37H46N2O7/c1-5-8-9-14-23-46-26-21-19-25(20-22-26)32-33(35(41)38-27-15-10-12-17-30(27)44-6-2)29(40)24-37(4,43)34(32)36(42)39-28-16-11-13-18-31(28)45-7-3/h10-13,15-22,32-34,43H,5-9,14,23-24H2,1-4H3,(H,38,41)(H,39,42). The Labute approximate surface area is 271 Å². The van der Waals surface area contributed by atoms with Crippen LogP contribution in [0, 0.1) is 11.8 Å². The first-order chi connectivity index (χ1) is 22.2. The lowest BCUT2D eigenvalue weighted by molar-refractivity contribution is -0.150. The van der Waals surface area contributed by atoms with Crippen molar-refractivity contribution in [1.82, 2.24) is 0 Å². The lowest BCUT2D eigenvalue weighted by Gasteiger charge is -2.44. The van der Waals surface area contributed by atoms with Crippen molar-refractivity contribution in [2.45, 2.75) is 71.3 Å². The fourth-order valence-electron chi connectivity index (χ4n) is 6.12. The molecule has 1 saturated carbocycles. The minimum atomic E-state index is -1.75. The third-order valence-electron chi connectivity index (χ3n) is 8.25. The molecule has 1 aliphatic carbocycles. The second kappa shape index (κ2) is 16.3. The number of carbonyl (C=O) groups is 3. The van der Waals surface area contributed by atoms with Gasteiger partial charge in [0, 0.05) is 12.3 Å². The SMILES string of the molecule is CCCCCCOc1ccc(C2C(C(=O)Nc3ccccc3OCC)C(=O)CC(C)(O)C2C(=O)Nc2ccccc2OCC)cc1. The Kier molecular flexibility index (Phi) is 12.2. The molecule has 3 aromatic rings. The minimum absolute atomic E-state index is 0.376. The van der Waals surface area contributed by atoms with E-state index in [0.29, 0.717) is 54.0 Å². The van der Waals surface area contributed by atoms with E-state index >= 15 is 0 Å². The van der Waals surface area contributed by atoms with Crippen LogP contribution in [0.4, 0.5) is 11.4 Å². The first kappa shape index (κ1) is 34.5. The molecular weight excluding hydrogens is 584 g/mol. The number of para-hydroxylation sites is 4. The monoisotopic (exact) mass is 630 g/mol. The number of Topliss-reactive ketones (excluding diaryl/α,β-unsaturated/α-hetero) is 1. The number of hydrogen-bond donors (Lipinski definition) is 3. The highest BCUT2D eigenvalue weighted by Crippen LogP contribution is 2.47. The second-order valence-corrected chi connectivity index (χ2v) is 11.8. The van der Waals surface area contributed by atoms with Gasteiger partial charge in [0.05, 0.1) is 42.7 Å². The summed E-state index contributed by atoms with van der Waals surface area (Å²) in [5, 5.41) is 17.5. The summed E-state index contributed by atoms with van der Waals surface area (Å²) in [6.07, 6.45) is 3.93. The average Bonchev–Trinajstić information content (AvgIpc) is 3.02. The van der Waals surface area contributed by atoms with Crippen molar-refractivity contribution < 1.29 is 33.7 Å². The number of hydrogen-bond acceptors (Lipinski definition) is 7. The molecule has 0 bridgehead atoms. The first-order valence-corrected chi connectivity index (χ1v) is 16.2. The molecule has 1 aliphatic rings. The molecule has 0 radical (unpaired) electrons. The van der Waals surface area contributed by atoms with Crippen LogP contribution in [0.15, 0.2) is 72.8 Å². The summed E-state index contributed by atoms with van der Waals surface area (Å²) in [4.78, 5) is 42.0. The van der Waals surface area contributed by atoms with E-state index in [4.69, 9.17) is 14.2 Å². The number of amides is 2. The molecule has 2 amide bonds. The van der Waals surface area contributed by atoms with Crippen LogP contribution in [-0.4, -0.2) is 48.1 Å². The number of unbranched alkanes of at least 4 members (excludes halogenated alkanes) is 3. The zero-order valence-corrected chi connectivity index (χ0v) is 27.2. The topological polar surface area (TPSA) is 123 Å². The van der Waals surface area contributed by atoms with Crippen LogP contribution in [0.3, 0.4) is 0 Å². The van der Waals surface area contributed by atoms with Crippen molar-refractivity contribution in [3.8, 4) is 17.2 Å². The van der Waals surface area contributed by atoms with E-state index in [2.05, 4.69) is 17.6 Å². The summed E-state index contributed by atoms with van der Waals surface area (Å²) >= 11 is 0. The average molecular weight is 631 g/mol. The van der Waals surface area contributed by atoms with Crippen molar-refractivity contribution in [2.75, 3.05) is 30.5 Å². The normalized spacial score (nSPS) is 20.9. The molecule has 9 heteroatoms. The van der Waals surface area contributed by atoms with Crippen LogP contribution in [0.1, 0.15) is 71.3 Å². The number of nitrogens with one attached hydrogen (secondary N) is 2. The molecule has 3 N–H and O–H groups in total. The summed E-state index contributed by atoms with van der Waals surface area (Å²) in [6, 6.07) is 21.1. The lowest BCUT2D eigenvalue weighted by atomic mass is 9.61. The quantitative estimate of drug-likeness (QED) is 0.125. The zero-order chi connectivity index (χ0) is 33.1. The van der Waals surface area contributed by atoms with Crippen molar-refractivity contribution in [3.05, 3.63) is 78.4 Å². The summed E-state index contributed by atoms with van der Waals surface area (Å²) in [5.41, 5.74) is -0.347. The van der Waals surface area contributed by atoms with Crippen molar-refractivity contribution in [1.29, 1.82) is 0 Å². The maximum Gasteiger partial charge on any atom is 0.235 e. The molecule has 3 aromatic carbocycles. The van der Waals surface area contributed by atoms with Gasteiger partial charge in [-0.1, -0.05) is 62.6 Å². The fourth-order valence-corrected chi connectivity index (χ4v) is 6.12. The molecule has 1 fully saturated rings. The molecule has 0 heterocycles. The van der Waals surface area contributed by atoms with Crippen molar-refractivity contribution >= 4 is 29.0 Å². The summed E-state index contributed by atoms with van der Waals surface area (Å²) in [7, 11) is 0. The number of ether oxygens (including phenoxy) is 3. The van der Waals surface area contributed by atoms with Gasteiger partial charge >= 0.3 is 0 Å². The van der Waals surface area contributed by atoms with Crippen molar-refractivity contribution in [3.63, 3.8) is 0 Å². The highest BCUT2D eigenvalue weighted by atomic mass is 16.5. The Hall–Kier alpha value is -4.37. The molecule has 0 aliphatic heterocycles. The Morgan fingerprint density at radius 1 is 0.783 bits per heavy atom. The second-order valence-electron chi connectivity index (χ2n) is 11.8. The lowest BCUT2D eigenvalue weighted by Crippen LogP contribution is -2.56. The number of ketones is 1. The Morgan fingerprint density at radius 2 is 1.35 bits per heavy atom. The van der Waals surface area contributed by atoms with E-state index in [1.165, 1.54) is 6.92 Å². The van der Waals surface area contributed by atoms with Gasteiger partial charge in [0.2, 0.25) is 11.8 Å². The van der Waals surface area contributed by atoms with Gasteiger partial charge in [0.15, 0.2) is 0 Å². The van der Waals surface area contributed by atoms with Gasteiger partial charge in [-0.2, -0.15) is 0 Å². The van der Waals surface area contributed by atoms with Gasteiger partial charge < -0.3 is 30.0 Å². The van der Waals surface area contributed by atoms with E-state index in [1.54, 1.807) is 72.8 Å². The molecule has 0 aromatic heterocycles. The Morgan fingerprint density at radius 3 is 1.91 bits per heavy atom. The number of anilines is 2. The summed E-state index contributed by atoms with van der Waals surface area (Å²) in [5.74, 6) is -3.42. The number of benzene rings is 3. The fraction of sp³-hybridized carbons (Fsp3) is 0.432. The Bertz CT molecular complexity index is 1470. The van der Waals surface area contributed by atoms with E-state index in [0.717, 1.165) is 25.7 Å². The first-order valence-electron chi connectivity index (χ1n) is 16.2. The molecule has 0 saturated heterocycles. The number of carbonyl (C=O) groups excluding carboxylic acids is 3. The van der Waals surface area contributed by atoms with Crippen LogP contribution in [0.25, 0.3) is 0 Å². The van der Waals surface area contributed by atoms with Crippen LogP contribution in [0.2, 0.25) is 0 Å². The molecule has 246 valence electrons.